The molecule has 0 bridgehead atoms. The smallest absolute Gasteiger partial charge is 0.116 e. The molecule has 0 radical (unpaired) electrons. The van der Waals surface area contributed by atoms with Gasteiger partial charge in [0, 0.05) is 16.8 Å². The number of rotatable bonds is 2. The summed E-state index contributed by atoms with van der Waals surface area (Å²) in [6.45, 7) is 1.99. The number of aromatic nitrogens is 1. The van der Waals surface area contributed by atoms with Gasteiger partial charge >= 0.3 is 0 Å². The highest BCUT2D eigenvalue weighted by Crippen LogP contribution is 2.14. The van der Waals surface area contributed by atoms with Crippen LogP contribution in [0.5, 0.6) is 0 Å². The molecule has 2 N–H and O–H groups in total. The maximum absolute atomic E-state index is 5.68. The quantitative estimate of drug-likeness (QED) is 0.783. The van der Waals surface area contributed by atoms with Crippen LogP contribution in [0, 0.1) is 6.92 Å². The predicted octanol–water partition coefficient (Wildman–Crippen LogP) is 3.20. The van der Waals surface area contributed by atoms with E-state index in [1.165, 1.54) is 0 Å². The van der Waals surface area contributed by atoms with Crippen molar-refractivity contribution in [2.75, 3.05) is 5.73 Å². The minimum absolute atomic E-state index is 0.785. The summed E-state index contributed by atoms with van der Waals surface area (Å²) in [4.78, 5) is 4.35. The molecule has 1 aromatic carbocycles. The van der Waals surface area contributed by atoms with E-state index >= 15 is 0 Å². The van der Waals surface area contributed by atoms with Crippen molar-refractivity contribution in [3.63, 3.8) is 0 Å². The van der Waals surface area contributed by atoms with E-state index in [9.17, 15) is 0 Å². The first-order valence-electron chi connectivity index (χ1n) is 4.70. The summed E-state index contributed by atoms with van der Waals surface area (Å²) in [5.74, 6) is 0. The summed E-state index contributed by atoms with van der Waals surface area (Å²) < 4.78 is 0. The van der Waals surface area contributed by atoms with Crippen molar-refractivity contribution in [3.05, 3.63) is 45.9 Å². The monoisotopic (exact) mass is 216 g/mol. The van der Waals surface area contributed by atoms with Crippen LogP contribution in [0.15, 0.2) is 29.6 Å². The van der Waals surface area contributed by atoms with Crippen molar-refractivity contribution in [3.8, 4) is 0 Å². The zero-order chi connectivity index (χ0) is 10.7. The summed E-state index contributed by atoms with van der Waals surface area (Å²) in [6, 6.07) is 7.79. The lowest BCUT2D eigenvalue weighted by molar-refractivity contribution is 1.25. The van der Waals surface area contributed by atoms with E-state index in [0.717, 1.165) is 22.0 Å². The van der Waals surface area contributed by atoms with Crippen LogP contribution in [0.3, 0.4) is 0 Å². The average Bonchev–Trinajstić information content (AvgIpc) is 2.62. The Bertz CT molecular complexity index is 486. The van der Waals surface area contributed by atoms with E-state index in [4.69, 9.17) is 5.73 Å². The van der Waals surface area contributed by atoms with Gasteiger partial charge in [0.05, 0.1) is 0 Å². The van der Waals surface area contributed by atoms with Crippen molar-refractivity contribution in [2.24, 2.45) is 0 Å². The summed E-state index contributed by atoms with van der Waals surface area (Å²) in [7, 11) is 0. The van der Waals surface area contributed by atoms with Crippen LogP contribution in [0.2, 0.25) is 0 Å². The van der Waals surface area contributed by atoms with E-state index < -0.39 is 0 Å². The second kappa shape index (κ2) is 4.28. The van der Waals surface area contributed by atoms with Gasteiger partial charge in [-0.3, -0.25) is 0 Å². The first-order valence-corrected chi connectivity index (χ1v) is 5.58. The summed E-state index contributed by atoms with van der Waals surface area (Å²) >= 11 is 1.64. The topological polar surface area (TPSA) is 38.9 Å². The highest BCUT2D eigenvalue weighted by molar-refractivity contribution is 7.10. The molecular formula is C12H12N2S. The molecule has 76 valence electrons. The molecule has 0 aliphatic carbocycles. The fourth-order valence-electron chi connectivity index (χ4n) is 1.28. The molecule has 0 saturated carbocycles. The number of hydrogen-bond acceptors (Lipinski definition) is 3. The molecule has 1 heterocycles. The Balaban J connectivity index is 2.18. The number of aryl methyl sites for hydroxylation is 1. The number of nitrogens with two attached hydrogens (primary N) is 1. The van der Waals surface area contributed by atoms with Gasteiger partial charge in [-0.2, -0.15) is 0 Å². The van der Waals surface area contributed by atoms with Crippen molar-refractivity contribution in [1.29, 1.82) is 0 Å². The van der Waals surface area contributed by atoms with Crippen LogP contribution in [-0.4, -0.2) is 4.98 Å². The van der Waals surface area contributed by atoms with Crippen LogP contribution < -0.4 is 5.73 Å². The molecule has 2 rings (SSSR count). The lowest BCUT2D eigenvalue weighted by Gasteiger charge is -1.94. The molecule has 0 spiro atoms. The predicted molar refractivity (Wildman–Crippen MR) is 66.6 cm³/mol. The molecule has 0 amide bonds. The van der Waals surface area contributed by atoms with Gasteiger partial charge < -0.3 is 5.73 Å². The Hall–Kier alpha value is -1.61. The van der Waals surface area contributed by atoms with E-state index in [-0.39, 0.29) is 0 Å². The number of hydrogen-bond donors (Lipinski definition) is 1. The van der Waals surface area contributed by atoms with Gasteiger partial charge in [-0.1, -0.05) is 18.2 Å². The van der Waals surface area contributed by atoms with Gasteiger partial charge in [0.15, 0.2) is 0 Å². The molecule has 0 atom stereocenters. The highest BCUT2D eigenvalue weighted by Gasteiger charge is 1.93. The molecule has 0 fully saturated rings. The normalized spacial score (nSPS) is 11.0. The molecular weight excluding hydrogens is 204 g/mol. The largest absolute Gasteiger partial charge is 0.399 e. The second-order valence-corrected chi connectivity index (χ2v) is 4.22. The third-order valence-electron chi connectivity index (χ3n) is 1.97. The Morgan fingerprint density at radius 3 is 2.87 bits per heavy atom. The van der Waals surface area contributed by atoms with Crippen molar-refractivity contribution in [2.45, 2.75) is 6.92 Å². The maximum atomic E-state index is 5.68. The van der Waals surface area contributed by atoms with Gasteiger partial charge in [-0.05, 0) is 30.7 Å². The van der Waals surface area contributed by atoms with Crippen molar-refractivity contribution in [1.82, 2.24) is 4.98 Å². The number of benzene rings is 1. The maximum Gasteiger partial charge on any atom is 0.116 e. The van der Waals surface area contributed by atoms with Crippen molar-refractivity contribution >= 4 is 29.2 Å². The highest BCUT2D eigenvalue weighted by atomic mass is 32.1. The fourth-order valence-corrected chi connectivity index (χ4v) is 1.97. The van der Waals surface area contributed by atoms with Gasteiger partial charge in [0.2, 0.25) is 0 Å². The summed E-state index contributed by atoms with van der Waals surface area (Å²) in [6.07, 6.45) is 4.03. The van der Waals surface area contributed by atoms with Gasteiger partial charge in [-0.25, -0.2) is 4.98 Å². The standard InChI is InChI=1S/C12H12N2S/c1-9-8-15-12(14-9)6-5-10-3-2-4-11(13)7-10/h2-8H,13H2,1H3/b6-5+. The Morgan fingerprint density at radius 2 is 2.20 bits per heavy atom. The molecule has 2 aromatic rings. The number of anilines is 1. The lowest BCUT2D eigenvalue weighted by Crippen LogP contribution is -1.83. The molecule has 0 saturated heterocycles. The van der Waals surface area contributed by atoms with Crippen LogP contribution in [0.1, 0.15) is 16.3 Å². The molecule has 0 unspecified atom stereocenters. The average molecular weight is 216 g/mol. The van der Waals surface area contributed by atoms with Gasteiger partial charge in [0.1, 0.15) is 5.01 Å². The van der Waals surface area contributed by atoms with Crippen LogP contribution in [-0.2, 0) is 0 Å². The molecule has 0 aliphatic heterocycles. The minimum atomic E-state index is 0.785. The van der Waals surface area contributed by atoms with Crippen molar-refractivity contribution < 1.29 is 0 Å². The lowest BCUT2D eigenvalue weighted by atomic mass is 10.2. The zero-order valence-electron chi connectivity index (χ0n) is 8.47. The number of nitrogens with zero attached hydrogens (tertiary/aromatic N) is 1. The van der Waals surface area contributed by atoms with Gasteiger partial charge in [-0.15, -0.1) is 11.3 Å². The second-order valence-electron chi connectivity index (χ2n) is 3.33. The first-order chi connectivity index (χ1) is 7.24. The number of nitrogen functional groups attached to an aromatic ring is 1. The molecule has 3 heteroatoms. The third kappa shape index (κ3) is 2.67. The fraction of sp³-hybridized carbons (Fsp3) is 0.0833. The zero-order valence-corrected chi connectivity index (χ0v) is 9.29. The van der Waals surface area contributed by atoms with Crippen LogP contribution in [0.4, 0.5) is 5.69 Å². The first kappa shape index (κ1) is 9.93. The molecule has 2 nitrogen and oxygen atoms in total. The summed E-state index contributed by atoms with van der Waals surface area (Å²) in [5, 5.41) is 3.06. The van der Waals surface area contributed by atoms with E-state index in [1.54, 1.807) is 11.3 Å². The Labute approximate surface area is 93.1 Å². The molecule has 1 aromatic heterocycles. The molecule has 15 heavy (non-hydrogen) atoms. The van der Waals surface area contributed by atoms with E-state index in [1.807, 2.05) is 48.7 Å². The SMILES string of the molecule is Cc1csc(/C=C/c2cccc(N)c2)n1. The van der Waals surface area contributed by atoms with Crippen LogP contribution in [0.25, 0.3) is 12.2 Å². The van der Waals surface area contributed by atoms with Crippen LogP contribution >= 0.6 is 11.3 Å². The van der Waals surface area contributed by atoms with E-state index in [2.05, 4.69) is 4.98 Å². The minimum Gasteiger partial charge on any atom is -0.399 e. The molecule has 0 aliphatic rings. The number of thiazole rings is 1. The Kier molecular flexibility index (Phi) is 2.83. The Morgan fingerprint density at radius 1 is 1.33 bits per heavy atom. The van der Waals surface area contributed by atoms with E-state index in [0.29, 0.717) is 0 Å². The summed E-state index contributed by atoms with van der Waals surface area (Å²) in [5.41, 5.74) is 8.63. The van der Waals surface area contributed by atoms with Gasteiger partial charge in [0.25, 0.3) is 0 Å². The third-order valence-corrected chi connectivity index (χ3v) is 2.89.